The standard InChI is InChI=1S/C18H20ClN3O3S/c1-10-3-5-12-13(9-26-16(12)7-10)17(23)21-22-18(24)20-14-8-11(19)4-6-15(14)25-2/h4,6,8-10H,3,5,7H2,1-2H3,(H,21,23)(H2,20,22,24). The van der Waals surface area contributed by atoms with Crippen LogP contribution in [-0.4, -0.2) is 19.0 Å². The zero-order valence-corrected chi connectivity index (χ0v) is 16.1. The van der Waals surface area contributed by atoms with Gasteiger partial charge >= 0.3 is 6.03 Å². The maximum Gasteiger partial charge on any atom is 0.338 e. The number of urea groups is 1. The molecular weight excluding hydrogens is 374 g/mol. The van der Waals surface area contributed by atoms with Crippen LogP contribution in [0.25, 0.3) is 0 Å². The number of thiophene rings is 1. The number of hydrogen-bond acceptors (Lipinski definition) is 4. The monoisotopic (exact) mass is 393 g/mol. The summed E-state index contributed by atoms with van der Waals surface area (Å²) in [5.74, 6) is 0.802. The van der Waals surface area contributed by atoms with E-state index < -0.39 is 6.03 Å². The first-order valence-corrected chi connectivity index (χ1v) is 9.53. The third-order valence-electron chi connectivity index (χ3n) is 4.35. The number of rotatable bonds is 3. The topological polar surface area (TPSA) is 79.5 Å². The average molecular weight is 394 g/mol. The number of hydrazine groups is 1. The molecule has 1 aliphatic rings. The number of methoxy groups -OCH3 is 1. The van der Waals surface area contributed by atoms with Crippen LogP contribution >= 0.6 is 22.9 Å². The van der Waals surface area contributed by atoms with Gasteiger partial charge in [0.1, 0.15) is 5.75 Å². The summed E-state index contributed by atoms with van der Waals surface area (Å²) in [5.41, 5.74) is 6.96. The molecule has 0 aliphatic heterocycles. The van der Waals surface area contributed by atoms with E-state index in [0.29, 0.717) is 27.9 Å². The van der Waals surface area contributed by atoms with Crippen molar-refractivity contribution >= 4 is 40.6 Å². The number of nitrogens with one attached hydrogen (secondary N) is 3. The molecule has 0 radical (unpaired) electrons. The van der Waals surface area contributed by atoms with Crippen LogP contribution in [0.15, 0.2) is 23.6 Å². The van der Waals surface area contributed by atoms with Crippen molar-refractivity contribution in [2.45, 2.75) is 26.2 Å². The maximum atomic E-state index is 12.4. The molecule has 3 N–H and O–H groups in total. The summed E-state index contributed by atoms with van der Waals surface area (Å²) in [7, 11) is 1.49. The Morgan fingerprint density at radius 3 is 2.88 bits per heavy atom. The van der Waals surface area contributed by atoms with Crippen molar-refractivity contribution in [2.75, 3.05) is 12.4 Å². The Bertz CT molecular complexity index is 837. The zero-order chi connectivity index (χ0) is 18.7. The van der Waals surface area contributed by atoms with Crippen molar-refractivity contribution in [3.8, 4) is 5.75 Å². The summed E-state index contributed by atoms with van der Waals surface area (Å²) in [4.78, 5) is 25.7. The van der Waals surface area contributed by atoms with E-state index in [2.05, 4.69) is 23.1 Å². The van der Waals surface area contributed by atoms with Gasteiger partial charge in [0.25, 0.3) is 5.91 Å². The van der Waals surface area contributed by atoms with Crippen LogP contribution in [0.5, 0.6) is 5.75 Å². The highest BCUT2D eigenvalue weighted by Gasteiger charge is 2.23. The van der Waals surface area contributed by atoms with E-state index in [9.17, 15) is 9.59 Å². The Morgan fingerprint density at radius 1 is 1.31 bits per heavy atom. The Morgan fingerprint density at radius 2 is 2.12 bits per heavy atom. The van der Waals surface area contributed by atoms with E-state index in [1.54, 1.807) is 29.5 Å². The summed E-state index contributed by atoms with van der Waals surface area (Å²) in [5, 5.41) is 4.92. The van der Waals surface area contributed by atoms with Crippen molar-refractivity contribution in [1.29, 1.82) is 0 Å². The van der Waals surface area contributed by atoms with Gasteiger partial charge < -0.3 is 10.1 Å². The highest BCUT2D eigenvalue weighted by Crippen LogP contribution is 2.32. The minimum Gasteiger partial charge on any atom is -0.495 e. The fourth-order valence-electron chi connectivity index (χ4n) is 2.98. The highest BCUT2D eigenvalue weighted by atomic mass is 35.5. The molecule has 138 valence electrons. The number of halogens is 1. The molecule has 0 saturated carbocycles. The third-order valence-corrected chi connectivity index (χ3v) is 5.63. The van der Waals surface area contributed by atoms with Crippen molar-refractivity contribution in [2.24, 2.45) is 5.92 Å². The lowest BCUT2D eigenvalue weighted by Crippen LogP contribution is -2.44. The molecule has 3 rings (SSSR count). The molecule has 1 aliphatic carbocycles. The van der Waals surface area contributed by atoms with Crippen molar-refractivity contribution in [3.63, 3.8) is 0 Å². The van der Waals surface area contributed by atoms with Gasteiger partial charge in [0.15, 0.2) is 0 Å². The molecule has 1 heterocycles. The van der Waals surface area contributed by atoms with Crippen molar-refractivity contribution in [3.05, 3.63) is 44.6 Å². The molecule has 1 atom stereocenters. The van der Waals surface area contributed by atoms with E-state index in [0.717, 1.165) is 24.8 Å². The predicted molar refractivity (Wildman–Crippen MR) is 103 cm³/mol. The van der Waals surface area contributed by atoms with Gasteiger partial charge in [-0.1, -0.05) is 18.5 Å². The predicted octanol–water partition coefficient (Wildman–Crippen LogP) is 4.00. The van der Waals surface area contributed by atoms with E-state index in [1.807, 2.05) is 5.38 Å². The largest absolute Gasteiger partial charge is 0.495 e. The fraction of sp³-hybridized carbons (Fsp3) is 0.333. The molecule has 1 aromatic carbocycles. The van der Waals surface area contributed by atoms with E-state index in [1.165, 1.54) is 12.0 Å². The highest BCUT2D eigenvalue weighted by molar-refractivity contribution is 7.10. The van der Waals surface area contributed by atoms with Crippen molar-refractivity contribution < 1.29 is 14.3 Å². The van der Waals surface area contributed by atoms with Crippen molar-refractivity contribution in [1.82, 2.24) is 10.9 Å². The van der Waals surface area contributed by atoms with Crippen LogP contribution in [0.3, 0.4) is 0 Å². The molecule has 6 nitrogen and oxygen atoms in total. The lowest BCUT2D eigenvalue weighted by molar-refractivity contribution is 0.0937. The number of benzene rings is 1. The van der Waals surface area contributed by atoms with Gasteiger partial charge in [-0.2, -0.15) is 0 Å². The quantitative estimate of drug-likeness (QED) is 0.689. The lowest BCUT2D eigenvalue weighted by atomic mass is 9.88. The number of amides is 3. The lowest BCUT2D eigenvalue weighted by Gasteiger charge is -2.19. The SMILES string of the molecule is COc1ccc(Cl)cc1NC(=O)NNC(=O)c1csc2c1CCC(C)C2. The molecule has 0 bridgehead atoms. The van der Waals surface area contributed by atoms with Gasteiger partial charge in [-0.15, -0.1) is 11.3 Å². The molecule has 1 aromatic heterocycles. The summed E-state index contributed by atoms with van der Waals surface area (Å²) in [6.07, 6.45) is 2.98. The second kappa shape index (κ2) is 7.97. The molecule has 0 saturated heterocycles. The first-order chi connectivity index (χ1) is 12.5. The number of carbonyl (C=O) groups is 2. The molecule has 2 aromatic rings. The molecule has 3 amide bonds. The van der Waals surface area contributed by atoms with Crippen LogP contribution in [0.2, 0.25) is 5.02 Å². The van der Waals surface area contributed by atoms with Gasteiger partial charge in [0, 0.05) is 15.3 Å². The molecule has 0 spiro atoms. The molecule has 8 heteroatoms. The van der Waals surface area contributed by atoms with Gasteiger partial charge in [0.05, 0.1) is 18.4 Å². The fourth-order valence-corrected chi connectivity index (χ4v) is 4.40. The van der Waals surface area contributed by atoms with Gasteiger partial charge in [0.2, 0.25) is 0 Å². The Labute approximate surface area is 160 Å². The minimum atomic E-state index is -0.586. The summed E-state index contributed by atoms with van der Waals surface area (Å²) >= 11 is 7.54. The maximum absolute atomic E-state index is 12.4. The normalized spacial score (nSPS) is 15.7. The summed E-state index contributed by atoms with van der Waals surface area (Å²) in [6, 6.07) is 4.29. The first-order valence-electron chi connectivity index (χ1n) is 8.28. The number of hydrogen-bond donors (Lipinski definition) is 3. The number of ether oxygens (including phenoxy) is 1. The number of carbonyl (C=O) groups excluding carboxylic acids is 2. The Balaban J connectivity index is 1.60. The molecule has 0 fully saturated rings. The molecular formula is C18H20ClN3O3S. The summed E-state index contributed by atoms with van der Waals surface area (Å²) in [6.45, 7) is 2.22. The van der Waals surface area contributed by atoms with Crippen LogP contribution in [0, 0.1) is 5.92 Å². The second-order valence-corrected chi connectivity index (χ2v) is 7.68. The minimum absolute atomic E-state index is 0.315. The van der Waals surface area contributed by atoms with Crippen LogP contribution in [-0.2, 0) is 12.8 Å². The van der Waals surface area contributed by atoms with Crippen LogP contribution in [0.4, 0.5) is 10.5 Å². The van der Waals surface area contributed by atoms with E-state index in [-0.39, 0.29) is 5.91 Å². The zero-order valence-electron chi connectivity index (χ0n) is 14.5. The van der Waals surface area contributed by atoms with E-state index in [4.69, 9.17) is 16.3 Å². The van der Waals surface area contributed by atoms with Crippen LogP contribution in [0.1, 0.15) is 34.1 Å². The first kappa shape index (κ1) is 18.5. The van der Waals surface area contributed by atoms with Gasteiger partial charge in [-0.3, -0.25) is 10.2 Å². The number of anilines is 1. The van der Waals surface area contributed by atoms with Crippen LogP contribution < -0.4 is 20.9 Å². The van der Waals surface area contributed by atoms with E-state index >= 15 is 0 Å². The summed E-state index contributed by atoms with van der Waals surface area (Å²) < 4.78 is 5.17. The second-order valence-electron chi connectivity index (χ2n) is 6.28. The Kier molecular flexibility index (Phi) is 5.68. The third kappa shape index (κ3) is 4.11. The molecule has 1 unspecified atom stereocenters. The smallest absolute Gasteiger partial charge is 0.338 e. The average Bonchev–Trinajstić information content (AvgIpc) is 3.03. The van der Waals surface area contributed by atoms with Gasteiger partial charge in [-0.25, -0.2) is 10.2 Å². The Hall–Kier alpha value is -2.25. The van der Waals surface area contributed by atoms with Gasteiger partial charge in [-0.05, 0) is 48.9 Å². The molecule has 26 heavy (non-hydrogen) atoms. The number of fused-ring (bicyclic) bond motifs is 1.